The normalized spacial score (nSPS) is 10.8. The Morgan fingerprint density at radius 2 is 1.80 bits per heavy atom. The maximum absolute atomic E-state index is 12.9. The van der Waals surface area contributed by atoms with Crippen LogP contribution in [0.15, 0.2) is 42.7 Å². The number of rotatable bonds is 4. The van der Waals surface area contributed by atoms with E-state index in [0.717, 1.165) is 18.3 Å². The molecule has 0 atom stereocenters. The molecule has 0 aliphatic rings. The van der Waals surface area contributed by atoms with Gasteiger partial charge in [-0.05, 0) is 12.1 Å². The molecule has 0 unspecified atom stereocenters. The summed E-state index contributed by atoms with van der Waals surface area (Å²) in [6.07, 6.45) is 2.35. The molecule has 8 heteroatoms. The molecular weight excluding hydrogens is 300 g/mol. The number of halogens is 4. The summed E-state index contributed by atoms with van der Waals surface area (Å²) in [6.45, 7) is -5.32. The van der Waals surface area contributed by atoms with Crippen LogP contribution in [0.3, 0.4) is 0 Å². The van der Waals surface area contributed by atoms with Gasteiger partial charge in [0.15, 0.2) is 0 Å². The Hall–Kier alpha value is -0.409. The van der Waals surface area contributed by atoms with Crippen LogP contribution < -0.4 is 61.6 Å². The first kappa shape index (κ1) is 17.6. The number of benzene rings is 1. The van der Waals surface area contributed by atoms with E-state index >= 15 is 0 Å². The zero-order valence-electron chi connectivity index (χ0n) is 10.7. The van der Waals surface area contributed by atoms with Crippen molar-refractivity contribution in [2.24, 2.45) is 0 Å². The first-order chi connectivity index (χ1) is 8.97. The van der Waals surface area contributed by atoms with Crippen molar-refractivity contribution in [1.82, 2.24) is 4.98 Å². The van der Waals surface area contributed by atoms with E-state index < -0.39 is 18.3 Å². The topological polar surface area (TPSA) is 22.1 Å². The van der Waals surface area contributed by atoms with E-state index in [9.17, 15) is 17.3 Å². The van der Waals surface area contributed by atoms with Gasteiger partial charge < -0.3 is 17.7 Å². The number of nitrogens with zero attached hydrogens (tertiary/aromatic N) is 1. The molecule has 100 valence electrons. The van der Waals surface area contributed by atoms with Crippen molar-refractivity contribution in [1.29, 1.82) is 0 Å². The molecule has 0 aliphatic heterocycles. The average Bonchev–Trinajstić information content (AvgIpc) is 2.36. The Balaban J connectivity index is 0.00000200. The smallest absolute Gasteiger partial charge is 0.492 e. The van der Waals surface area contributed by atoms with Crippen molar-refractivity contribution in [2.75, 3.05) is 0 Å². The van der Waals surface area contributed by atoms with Gasteiger partial charge in [0.2, 0.25) is 0 Å². The predicted octanol–water partition coefficient (Wildman–Crippen LogP) is -0.142. The fourth-order valence-electron chi connectivity index (χ4n) is 1.58. The molecule has 1 aromatic carbocycles. The molecule has 1 heterocycles. The Bertz CT molecular complexity index is 579. The fraction of sp³-hybridized carbons (Fsp3) is 0.0833. The van der Waals surface area contributed by atoms with Crippen LogP contribution >= 0.6 is 0 Å². The number of aromatic nitrogens is 1. The minimum atomic E-state index is -5.14. The van der Waals surface area contributed by atoms with Gasteiger partial charge in [0.1, 0.15) is 12.4 Å². The SMILES string of the molecule is Fc1cncc(COc2ccccc2[B-](F)(F)F)c1.[K+]. The summed E-state index contributed by atoms with van der Waals surface area (Å²) in [7, 11) is 0. The van der Waals surface area contributed by atoms with E-state index in [1.807, 2.05) is 0 Å². The number of pyridine rings is 1. The maximum atomic E-state index is 12.9. The van der Waals surface area contributed by atoms with Gasteiger partial charge in [-0.2, -0.15) is 0 Å². The molecule has 20 heavy (non-hydrogen) atoms. The summed E-state index contributed by atoms with van der Waals surface area (Å²) in [6, 6.07) is 6.09. The van der Waals surface area contributed by atoms with E-state index in [-0.39, 0.29) is 63.7 Å². The zero-order chi connectivity index (χ0) is 13.9. The second-order valence-electron chi connectivity index (χ2n) is 3.91. The molecule has 0 radical (unpaired) electrons. The summed E-state index contributed by atoms with van der Waals surface area (Å²) < 4.78 is 56.2. The molecule has 0 bridgehead atoms. The van der Waals surface area contributed by atoms with E-state index in [1.54, 1.807) is 0 Å². The first-order valence-corrected chi connectivity index (χ1v) is 5.48. The average molecular weight is 309 g/mol. The summed E-state index contributed by atoms with van der Waals surface area (Å²) in [5.74, 6) is -0.825. The first-order valence-electron chi connectivity index (χ1n) is 5.48. The minimum absolute atomic E-state index is 0. The van der Waals surface area contributed by atoms with Crippen LogP contribution in [-0.4, -0.2) is 12.0 Å². The molecule has 2 rings (SSSR count). The zero-order valence-corrected chi connectivity index (χ0v) is 13.8. The maximum Gasteiger partial charge on any atom is 1.00 e. The molecule has 0 saturated carbocycles. The monoisotopic (exact) mass is 309 g/mol. The molecule has 0 fully saturated rings. The van der Waals surface area contributed by atoms with Crippen LogP contribution in [0, 0.1) is 5.82 Å². The molecule has 1 aromatic heterocycles. The molecule has 0 amide bonds. The van der Waals surface area contributed by atoms with Crippen LogP contribution in [0.2, 0.25) is 0 Å². The van der Waals surface area contributed by atoms with Gasteiger partial charge in [-0.1, -0.05) is 23.7 Å². The number of para-hydroxylation sites is 1. The summed E-state index contributed by atoms with van der Waals surface area (Å²) in [5, 5.41) is 0. The van der Waals surface area contributed by atoms with Crippen molar-refractivity contribution in [3.05, 3.63) is 54.1 Å². The largest absolute Gasteiger partial charge is 1.00 e. The third-order valence-electron chi connectivity index (χ3n) is 2.43. The third-order valence-corrected chi connectivity index (χ3v) is 2.43. The Morgan fingerprint density at radius 3 is 2.45 bits per heavy atom. The number of hydrogen-bond acceptors (Lipinski definition) is 2. The standard InChI is InChI=1S/C12H9BF4NO.K/c14-10-5-9(6-18-7-10)8-19-12-4-2-1-3-11(12)13(15,16)17;/h1-7H,8H2;/q-1;+1. The number of ether oxygens (including phenoxy) is 1. The van der Waals surface area contributed by atoms with E-state index in [0.29, 0.717) is 5.56 Å². The van der Waals surface area contributed by atoms with Crippen LogP contribution in [0.1, 0.15) is 5.56 Å². The summed E-state index contributed by atoms with van der Waals surface area (Å²) in [4.78, 5) is 3.59. The Kier molecular flexibility index (Phi) is 6.67. The van der Waals surface area contributed by atoms with E-state index in [2.05, 4.69) is 4.98 Å². The van der Waals surface area contributed by atoms with Crippen LogP contribution in [0.4, 0.5) is 17.3 Å². The van der Waals surface area contributed by atoms with Gasteiger partial charge in [-0.3, -0.25) is 4.98 Å². The Morgan fingerprint density at radius 1 is 1.10 bits per heavy atom. The molecule has 0 aliphatic carbocycles. The van der Waals surface area contributed by atoms with Gasteiger partial charge >= 0.3 is 58.4 Å². The van der Waals surface area contributed by atoms with Crippen molar-refractivity contribution in [2.45, 2.75) is 6.61 Å². The van der Waals surface area contributed by atoms with E-state index in [1.165, 1.54) is 24.4 Å². The van der Waals surface area contributed by atoms with Crippen LogP contribution in [0.25, 0.3) is 0 Å². The molecule has 0 N–H and O–H groups in total. The summed E-state index contributed by atoms with van der Waals surface area (Å²) >= 11 is 0. The number of hydrogen-bond donors (Lipinski definition) is 0. The minimum Gasteiger partial charge on any atom is -0.492 e. The van der Waals surface area contributed by atoms with Crippen LogP contribution in [0.5, 0.6) is 5.75 Å². The van der Waals surface area contributed by atoms with Gasteiger partial charge in [0.25, 0.3) is 0 Å². The molecule has 0 saturated heterocycles. The van der Waals surface area contributed by atoms with Crippen molar-refractivity contribution in [3.63, 3.8) is 0 Å². The van der Waals surface area contributed by atoms with Gasteiger partial charge in [0.05, 0.1) is 11.9 Å². The molecular formula is C12H9BF4KNO. The van der Waals surface area contributed by atoms with Gasteiger partial charge in [0, 0.05) is 11.8 Å². The van der Waals surface area contributed by atoms with Crippen molar-refractivity contribution < 1.29 is 73.5 Å². The summed E-state index contributed by atoms with van der Waals surface area (Å²) in [5.41, 5.74) is -0.434. The van der Waals surface area contributed by atoms with E-state index in [4.69, 9.17) is 4.74 Å². The van der Waals surface area contributed by atoms with Crippen molar-refractivity contribution in [3.8, 4) is 5.75 Å². The molecule has 0 spiro atoms. The van der Waals surface area contributed by atoms with Crippen LogP contribution in [-0.2, 0) is 6.61 Å². The molecule has 2 aromatic rings. The second-order valence-corrected chi connectivity index (χ2v) is 3.91. The van der Waals surface area contributed by atoms with Gasteiger partial charge in [-0.15, -0.1) is 0 Å². The third kappa shape index (κ3) is 4.85. The second kappa shape index (κ2) is 7.56. The molecule has 2 nitrogen and oxygen atoms in total. The van der Waals surface area contributed by atoms with Gasteiger partial charge in [-0.25, -0.2) is 4.39 Å². The van der Waals surface area contributed by atoms with Crippen molar-refractivity contribution >= 4 is 12.4 Å². The Labute approximate surface area is 156 Å². The fourth-order valence-corrected chi connectivity index (χ4v) is 1.58. The quantitative estimate of drug-likeness (QED) is 0.579. The predicted molar refractivity (Wildman–Crippen MR) is 63.7 cm³/mol.